The van der Waals surface area contributed by atoms with E-state index in [0.717, 1.165) is 5.56 Å². The topological polar surface area (TPSA) is 55.8 Å². The maximum Gasteiger partial charge on any atom is 0.338 e. The minimum Gasteiger partial charge on any atom is -0.491 e. The van der Waals surface area contributed by atoms with Crippen molar-refractivity contribution in [2.45, 2.75) is 13.0 Å². The van der Waals surface area contributed by atoms with E-state index in [1.807, 2.05) is 37.3 Å². The highest BCUT2D eigenvalue weighted by Crippen LogP contribution is 2.09. The molecule has 1 unspecified atom stereocenters. The molecular formula is C17H18O4. The average molecular weight is 286 g/mol. The molecule has 0 bridgehead atoms. The van der Waals surface area contributed by atoms with Crippen molar-refractivity contribution in [1.82, 2.24) is 0 Å². The molecule has 0 radical (unpaired) electrons. The molecular weight excluding hydrogens is 268 g/mol. The molecule has 0 aliphatic rings. The summed E-state index contributed by atoms with van der Waals surface area (Å²) in [6.45, 7) is 1.92. The third-order valence-electron chi connectivity index (χ3n) is 2.88. The summed E-state index contributed by atoms with van der Waals surface area (Å²) < 4.78 is 10.4. The fourth-order valence-electron chi connectivity index (χ4n) is 1.70. The monoisotopic (exact) mass is 286 g/mol. The van der Waals surface area contributed by atoms with Crippen molar-refractivity contribution in [3.63, 3.8) is 0 Å². The molecule has 0 amide bonds. The Kier molecular flexibility index (Phi) is 5.35. The summed E-state index contributed by atoms with van der Waals surface area (Å²) in [4.78, 5) is 11.8. The molecule has 4 heteroatoms. The summed E-state index contributed by atoms with van der Waals surface area (Å²) in [5, 5.41) is 9.75. The number of para-hydroxylation sites is 1. The molecule has 4 nitrogen and oxygen atoms in total. The van der Waals surface area contributed by atoms with E-state index in [1.54, 1.807) is 24.3 Å². The van der Waals surface area contributed by atoms with Crippen LogP contribution in [0.3, 0.4) is 0 Å². The predicted molar refractivity (Wildman–Crippen MR) is 79.4 cm³/mol. The molecule has 2 aromatic carbocycles. The predicted octanol–water partition coefficient (Wildman–Crippen LogP) is 2.59. The van der Waals surface area contributed by atoms with E-state index in [4.69, 9.17) is 9.47 Å². The second-order valence-corrected chi connectivity index (χ2v) is 4.74. The quantitative estimate of drug-likeness (QED) is 0.829. The number of aliphatic hydroxyl groups is 1. The van der Waals surface area contributed by atoms with E-state index >= 15 is 0 Å². The molecule has 110 valence electrons. The van der Waals surface area contributed by atoms with E-state index in [1.165, 1.54) is 0 Å². The first-order chi connectivity index (χ1) is 10.1. The van der Waals surface area contributed by atoms with Crippen LogP contribution in [0.4, 0.5) is 0 Å². The molecule has 21 heavy (non-hydrogen) atoms. The van der Waals surface area contributed by atoms with Crippen LogP contribution in [0.2, 0.25) is 0 Å². The van der Waals surface area contributed by atoms with Crippen molar-refractivity contribution >= 4 is 5.97 Å². The van der Waals surface area contributed by atoms with Crippen molar-refractivity contribution in [2.24, 2.45) is 0 Å². The zero-order valence-electron chi connectivity index (χ0n) is 11.9. The highest BCUT2D eigenvalue weighted by atomic mass is 16.5. The van der Waals surface area contributed by atoms with Gasteiger partial charge in [0.25, 0.3) is 0 Å². The molecule has 2 rings (SSSR count). The van der Waals surface area contributed by atoms with Gasteiger partial charge in [-0.05, 0) is 31.2 Å². The van der Waals surface area contributed by atoms with Gasteiger partial charge in [0.2, 0.25) is 0 Å². The van der Waals surface area contributed by atoms with Crippen LogP contribution in [0.15, 0.2) is 54.6 Å². The maximum atomic E-state index is 11.8. The number of hydrogen-bond donors (Lipinski definition) is 1. The number of esters is 1. The van der Waals surface area contributed by atoms with E-state index in [9.17, 15) is 9.90 Å². The second kappa shape index (κ2) is 7.45. The number of carbonyl (C=O) groups excluding carboxylic acids is 1. The Balaban J connectivity index is 1.74. The lowest BCUT2D eigenvalue weighted by Crippen LogP contribution is -2.25. The number of ether oxygens (including phenoxy) is 2. The molecule has 1 N–H and O–H groups in total. The fourth-order valence-corrected chi connectivity index (χ4v) is 1.70. The molecule has 0 aliphatic heterocycles. The van der Waals surface area contributed by atoms with Crippen molar-refractivity contribution in [3.8, 4) is 5.75 Å². The van der Waals surface area contributed by atoms with Crippen molar-refractivity contribution in [3.05, 3.63) is 65.7 Å². The van der Waals surface area contributed by atoms with Crippen LogP contribution in [-0.2, 0) is 4.74 Å². The largest absolute Gasteiger partial charge is 0.491 e. The molecule has 2 aromatic rings. The van der Waals surface area contributed by atoms with Gasteiger partial charge in [-0.15, -0.1) is 0 Å². The normalized spacial score (nSPS) is 11.7. The maximum absolute atomic E-state index is 11.8. The van der Waals surface area contributed by atoms with Gasteiger partial charge in [-0.25, -0.2) is 4.79 Å². The Hall–Kier alpha value is -2.33. The Morgan fingerprint density at radius 2 is 1.71 bits per heavy atom. The SMILES string of the molecule is Cc1ccc(C(=O)OCC(O)COc2ccccc2)cc1. The molecule has 0 spiro atoms. The average Bonchev–Trinajstić information content (AvgIpc) is 2.52. The number of rotatable bonds is 6. The van der Waals surface area contributed by atoms with Gasteiger partial charge in [-0.2, -0.15) is 0 Å². The standard InChI is InChI=1S/C17H18O4/c1-13-7-9-14(10-8-13)17(19)21-12-15(18)11-20-16-5-3-2-4-6-16/h2-10,15,18H,11-12H2,1H3. The summed E-state index contributed by atoms with van der Waals surface area (Å²) in [6.07, 6.45) is -0.861. The molecule has 0 saturated carbocycles. The first kappa shape index (κ1) is 15.1. The Labute approximate surface area is 123 Å². The van der Waals surface area contributed by atoms with E-state index in [-0.39, 0.29) is 13.2 Å². The fraction of sp³-hybridized carbons (Fsp3) is 0.235. The zero-order chi connectivity index (χ0) is 15.1. The summed E-state index contributed by atoms with van der Waals surface area (Å²) in [6, 6.07) is 16.2. The minimum atomic E-state index is -0.861. The van der Waals surface area contributed by atoms with Crippen molar-refractivity contribution < 1.29 is 19.4 Å². The Morgan fingerprint density at radius 3 is 2.38 bits per heavy atom. The molecule has 0 aliphatic carbocycles. The van der Waals surface area contributed by atoms with Gasteiger partial charge < -0.3 is 14.6 Å². The second-order valence-electron chi connectivity index (χ2n) is 4.74. The van der Waals surface area contributed by atoms with E-state index < -0.39 is 12.1 Å². The smallest absolute Gasteiger partial charge is 0.338 e. The van der Waals surface area contributed by atoms with Gasteiger partial charge in [-0.3, -0.25) is 0 Å². The van der Waals surface area contributed by atoms with Gasteiger partial charge in [-0.1, -0.05) is 35.9 Å². The van der Waals surface area contributed by atoms with Crippen LogP contribution in [0.5, 0.6) is 5.75 Å². The van der Waals surface area contributed by atoms with Gasteiger partial charge in [0.1, 0.15) is 25.1 Å². The lowest BCUT2D eigenvalue weighted by Gasteiger charge is -2.12. The first-order valence-electron chi connectivity index (χ1n) is 6.75. The van der Waals surface area contributed by atoms with Gasteiger partial charge >= 0.3 is 5.97 Å². The number of benzene rings is 2. The van der Waals surface area contributed by atoms with E-state index in [0.29, 0.717) is 11.3 Å². The first-order valence-corrected chi connectivity index (χ1v) is 6.75. The van der Waals surface area contributed by atoms with Gasteiger partial charge in [0, 0.05) is 0 Å². The van der Waals surface area contributed by atoms with Crippen LogP contribution >= 0.6 is 0 Å². The molecule has 0 saturated heterocycles. The number of aliphatic hydroxyl groups excluding tert-OH is 1. The van der Waals surface area contributed by atoms with Crippen LogP contribution in [0, 0.1) is 6.92 Å². The number of carbonyl (C=O) groups is 1. The summed E-state index contributed by atoms with van der Waals surface area (Å²) in [5.41, 5.74) is 1.54. The van der Waals surface area contributed by atoms with Gasteiger partial charge in [0.05, 0.1) is 5.56 Å². The Morgan fingerprint density at radius 1 is 1.05 bits per heavy atom. The Bertz CT molecular complexity index is 563. The summed E-state index contributed by atoms with van der Waals surface area (Å²) >= 11 is 0. The lowest BCUT2D eigenvalue weighted by atomic mass is 10.1. The molecule has 1 atom stereocenters. The third-order valence-corrected chi connectivity index (χ3v) is 2.88. The van der Waals surface area contributed by atoms with Crippen LogP contribution < -0.4 is 4.74 Å². The van der Waals surface area contributed by atoms with Gasteiger partial charge in [0.15, 0.2) is 0 Å². The van der Waals surface area contributed by atoms with Crippen LogP contribution in [-0.4, -0.2) is 30.4 Å². The van der Waals surface area contributed by atoms with Crippen LogP contribution in [0.25, 0.3) is 0 Å². The summed E-state index contributed by atoms with van der Waals surface area (Å²) in [7, 11) is 0. The number of aryl methyl sites for hydroxylation is 1. The van der Waals surface area contributed by atoms with Crippen LogP contribution in [0.1, 0.15) is 15.9 Å². The molecule has 0 heterocycles. The van der Waals surface area contributed by atoms with E-state index in [2.05, 4.69) is 0 Å². The lowest BCUT2D eigenvalue weighted by molar-refractivity contribution is 0.0130. The highest BCUT2D eigenvalue weighted by Gasteiger charge is 2.11. The molecule has 0 aromatic heterocycles. The minimum absolute atomic E-state index is 0.0746. The van der Waals surface area contributed by atoms with Crippen molar-refractivity contribution in [2.75, 3.05) is 13.2 Å². The van der Waals surface area contributed by atoms with Crippen molar-refractivity contribution in [1.29, 1.82) is 0 Å². The molecule has 0 fully saturated rings. The third kappa shape index (κ3) is 4.93. The zero-order valence-corrected chi connectivity index (χ0v) is 11.9. The summed E-state index contributed by atoms with van der Waals surface area (Å²) in [5.74, 6) is 0.218. The highest BCUT2D eigenvalue weighted by molar-refractivity contribution is 5.89. The number of hydrogen-bond acceptors (Lipinski definition) is 4.